The van der Waals surface area contributed by atoms with Crippen LogP contribution in [0, 0.1) is 6.92 Å². The van der Waals surface area contributed by atoms with E-state index in [0.717, 1.165) is 42.6 Å². The van der Waals surface area contributed by atoms with Gasteiger partial charge in [0.1, 0.15) is 17.5 Å². The van der Waals surface area contributed by atoms with Gasteiger partial charge in [0.05, 0.1) is 6.10 Å². The molecule has 1 aliphatic carbocycles. The number of hydrogen-bond donors (Lipinski definition) is 2. The maximum atomic E-state index is 5.76. The molecule has 1 atom stereocenters. The van der Waals surface area contributed by atoms with E-state index in [-0.39, 0.29) is 0 Å². The molecule has 3 rings (SSSR count). The minimum absolute atomic E-state index is 0.320. The molecular formula is C15H24N4O. The van der Waals surface area contributed by atoms with Crippen LogP contribution in [0.25, 0.3) is 0 Å². The van der Waals surface area contributed by atoms with Gasteiger partial charge in [-0.25, -0.2) is 9.97 Å². The van der Waals surface area contributed by atoms with Gasteiger partial charge < -0.3 is 15.4 Å². The molecule has 2 aliphatic rings. The monoisotopic (exact) mass is 276 g/mol. The van der Waals surface area contributed by atoms with Crippen LogP contribution < -0.4 is 10.6 Å². The molecule has 1 unspecified atom stereocenters. The fraction of sp³-hybridized carbons (Fsp3) is 0.733. The smallest absolute Gasteiger partial charge is 0.136 e. The van der Waals surface area contributed by atoms with Crippen LogP contribution in [0.2, 0.25) is 0 Å². The van der Waals surface area contributed by atoms with Gasteiger partial charge in [-0.1, -0.05) is 0 Å². The Hall–Kier alpha value is -1.36. The maximum Gasteiger partial charge on any atom is 0.136 e. The Kier molecular flexibility index (Phi) is 4.05. The number of rotatable bonds is 5. The zero-order valence-corrected chi connectivity index (χ0v) is 12.4. The van der Waals surface area contributed by atoms with Crippen LogP contribution in [0.5, 0.6) is 0 Å². The van der Waals surface area contributed by atoms with Crippen molar-refractivity contribution in [2.75, 3.05) is 30.8 Å². The van der Waals surface area contributed by atoms with Crippen molar-refractivity contribution in [2.24, 2.45) is 0 Å². The van der Waals surface area contributed by atoms with Gasteiger partial charge in [0.2, 0.25) is 0 Å². The number of nitrogens with zero attached hydrogens (tertiary/aromatic N) is 2. The van der Waals surface area contributed by atoms with Crippen molar-refractivity contribution < 1.29 is 4.74 Å². The third-order valence-corrected chi connectivity index (χ3v) is 4.11. The lowest BCUT2D eigenvalue weighted by Crippen LogP contribution is -2.27. The summed E-state index contributed by atoms with van der Waals surface area (Å²) in [5, 5.41) is 6.64. The Morgan fingerprint density at radius 3 is 2.60 bits per heavy atom. The first kappa shape index (κ1) is 13.6. The van der Waals surface area contributed by atoms with E-state index >= 15 is 0 Å². The average molecular weight is 276 g/mol. The van der Waals surface area contributed by atoms with E-state index in [2.05, 4.69) is 22.5 Å². The van der Waals surface area contributed by atoms with Crippen molar-refractivity contribution in [3.8, 4) is 0 Å². The van der Waals surface area contributed by atoms with Crippen molar-refractivity contribution in [1.29, 1.82) is 0 Å². The van der Waals surface area contributed by atoms with E-state index in [1.54, 1.807) is 0 Å². The first-order chi connectivity index (χ1) is 9.78. The molecule has 1 saturated heterocycles. The van der Waals surface area contributed by atoms with Gasteiger partial charge in [-0.2, -0.15) is 0 Å². The summed E-state index contributed by atoms with van der Waals surface area (Å²) in [6.45, 7) is 3.79. The van der Waals surface area contributed by atoms with E-state index in [9.17, 15) is 0 Å². The SMILES string of the molecule is CNc1nc(C2CC2)nc(NCC2CCCCO2)c1C. The molecule has 0 radical (unpaired) electrons. The average Bonchev–Trinajstić information content (AvgIpc) is 3.32. The van der Waals surface area contributed by atoms with Gasteiger partial charge >= 0.3 is 0 Å². The van der Waals surface area contributed by atoms with E-state index < -0.39 is 0 Å². The molecule has 0 bridgehead atoms. The highest BCUT2D eigenvalue weighted by Crippen LogP contribution is 2.39. The largest absolute Gasteiger partial charge is 0.376 e. The standard InChI is InChI=1S/C15H24N4O/c1-10-13(16-2)18-15(11-6-7-11)19-14(10)17-9-12-5-3-4-8-20-12/h11-12H,3-9H2,1-2H3,(H2,16,17,18,19). The summed E-state index contributed by atoms with van der Waals surface area (Å²) >= 11 is 0. The van der Waals surface area contributed by atoms with Crippen molar-refractivity contribution in [3.63, 3.8) is 0 Å². The zero-order valence-electron chi connectivity index (χ0n) is 12.4. The van der Waals surface area contributed by atoms with E-state index in [1.807, 2.05) is 7.05 Å². The molecule has 1 saturated carbocycles. The number of ether oxygens (including phenoxy) is 1. The third kappa shape index (κ3) is 3.03. The van der Waals surface area contributed by atoms with Gasteiger partial charge in [0, 0.05) is 31.7 Å². The van der Waals surface area contributed by atoms with Crippen LogP contribution in [0.3, 0.4) is 0 Å². The first-order valence-corrected chi connectivity index (χ1v) is 7.69. The highest BCUT2D eigenvalue weighted by atomic mass is 16.5. The van der Waals surface area contributed by atoms with Crippen LogP contribution in [0.4, 0.5) is 11.6 Å². The maximum absolute atomic E-state index is 5.76. The van der Waals surface area contributed by atoms with Crippen molar-refractivity contribution in [3.05, 3.63) is 11.4 Å². The van der Waals surface area contributed by atoms with Crippen LogP contribution >= 0.6 is 0 Å². The van der Waals surface area contributed by atoms with Crippen LogP contribution in [0.1, 0.15) is 49.4 Å². The van der Waals surface area contributed by atoms with Crippen molar-refractivity contribution >= 4 is 11.6 Å². The Bertz CT molecular complexity index is 467. The molecule has 5 nitrogen and oxygen atoms in total. The fourth-order valence-corrected chi connectivity index (χ4v) is 2.65. The summed E-state index contributed by atoms with van der Waals surface area (Å²) in [4.78, 5) is 9.32. The highest BCUT2D eigenvalue weighted by Gasteiger charge is 2.28. The minimum Gasteiger partial charge on any atom is -0.376 e. The molecule has 5 heteroatoms. The Balaban J connectivity index is 1.71. The molecule has 20 heavy (non-hydrogen) atoms. The molecule has 0 amide bonds. The molecular weight excluding hydrogens is 252 g/mol. The molecule has 1 aromatic heterocycles. The van der Waals surface area contributed by atoms with Gasteiger partial charge in [-0.3, -0.25) is 0 Å². The summed E-state index contributed by atoms with van der Waals surface area (Å²) in [7, 11) is 1.92. The molecule has 0 spiro atoms. The Morgan fingerprint density at radius 1 is 1.15 bits per heavy atom. The molecule has 1 aliphatic heterocycles. The zero-order chi connectivity index (χ0) is 13.9. The van der Waals surface area contributed by atoms with Gasteiger partial charge in [-0.15, -0.1) is 0 Å². The number of anilines is 2. The van der Waals surface area contributed by atoms with Crippen LogP contribution in [-0.4, -0.2) is 36.3 Å². The normalized spacial score (nSPS) is 22.6. The molecule has 1 aromatic rings. The highest BCUT2D eigenvalue weighted by molar-refractivity contribution is 5.57. The van der Waals surface area contributed by atoms with Crippen molar-refractivity contribution in [2.45, 2.75) is 51.0 Å². The number of nitrogens with one attached hydrogen (secondary N) is 2. The molecule has 2 N–H and O–H groups in total. The number of hydrogen-bond acceptors (Lipinski definition) is 5. The lowest BCUT2D eigenvalue weighted by molar-refractivity contribution is 0.0247. The van der Waals surface area contributed by atoms with Gasteiger partial charge in [0.15, 0.2) is 0 Å². The Morgan fingerprint density at radius 2 is 1.95 bits per heavy atom. The second kappa shape index (κ2) is 5.95. The summed E-state index contributed by atoms with van der Waals surface area (Å²) in [6.07, 6.45) is 6.36. The van der Waals surface area contributed by atoms with E-state index in [0.29, 0.717) is 12.0 Å². The van der Waals surface area contributed by atoms with E-state index in [1.165, 1.54) is 25.7 Å². The summed E-state index contributed by atoms with van der Waals surface area (Å²) in [6, 6.07) is 0. The number of aromatic nitrogens is 2. The Labute approximate surface area is 120 Å². The second-order valence-corrected chi connectivity index (χ2v) is 5.80. The fourth-order valence-electron chi connectivity index (χ4n) is 2.65. The van der Waals surface area contributed by atoms with Gasteiger partial charge in [-0.05, 0) is 39.0 Å². The lowest BCUT2D eigenvalue weighted by atomic mass is 10.1. The van der Waals surface area contributed by atoms with Crippen LogP contribution in [0.15, 0.2) is 0 Å². The molecule has 2 heterocycles. The quantitative estimate of drug-likeness (QED) is 0.866. The minimum atomic E-state index is 0.320. The predicted octanol–water partition coefficient (Wildman–Crippen LogP) is 2.69. The predicted molar refractivity (Wildman–Crippen MR) is 80.4 cm³/mol. The summed E-state index contributed by atoms with van der Waals surface area (Å²) in [5.41, 5.74) is 1.09. The molecule has 2 fully saturated rings. The second-order valence-electron chi connectivity index (χ2n) is 5.80. The topological polar surface area (TPSA) is 59.1 Å². The van der Waals surface area contributed by atoms with Gasteiger partial charge in [0.25, 0.3) is 0 Å². The van der Waals surface area contributed by atoms with Crippen molar-refractivity contribution in [1.82, 2.24) is 9.97 Å². The summed E-state index contributed by atoms with van der Waals surface area (Å²) in [5.74, 6) is 3.44. The summed E-state index contributed by atoms with van der Waals surface area (Å²) < 4.78 is 5.76. The van der Waals surface area contributed by atoms with Crippen LogP contribution in [-0.2, 0) is 4.74 Å². The molecule has 0 aromatic carbocycles. The van der Waals surface area contributed by atoms with E-state index in [4.69, 9.17) is 9.72 Å². The molecule has 110 valence electrons. The first-order valence-electron chi connectivity index (χ1n) is 7.69. The third-order valence-electron chi connectivity index (χ3n) is 4.11. The lowest BCUT2D eigenvalue weighted by Gasteiger charge is -2.23.